The molecule has 5 heteroatoms. The maximum absolute atomic E-state index is 9.73. The van der Waals surface area contributed by atoms with Gasteiger partial charge in [0.15, 0.2) is 11.5 Å². The van der Waals surface area contributed by atoms with E-state index in [0.29, 0.717) is 5.75 Å². The summed E-state index contributed by atoms with van der Waals surface area (Å²) in [6.07, 6.45) is 1.68. The molecule has 2 N–H and O–H groups in total. The number of nitrogens with one attached hydrogen (secondary N) is 1. The number of para-hydroxylation sites is 1. The van der Waals surface area contributed by atoms with Gasteiger partial charge in [-0.25, -0.2) is 0 Å². The molecule has 2 aromatic carbocycles. The number of phenolic OH excluding ortho intramolecular Hbond substituents is 1. The number of hydrogen-bond acceptors (Lipinski definition) is 4. The normalized spacial score (nSPS) is 10.6. The predicted molar refractivity (Wildman–Crippen MR) is 85.0 cm³/mol. The molecule has 0 aliphatic rings. The summed E-state index contributed by atoms with van der Waals surface area (Å²) in [6, 6.07) is 13.2. The SMILES string of the molecule is COc1cc(C=NNc2ccccc2)cc(I)c1O. The number of phenols is 1. The maximum atomic E-state index is 9.73. The number of benzene rings is 2. The summed E-state index contributed by atoms with van der Waals surface area (Å²) in [7, 11) is 1.52. The molecular weight excluding hydrogens is 355 g/mol. The molecule has 0 aromatic heterocycles. The van der Waals surface area contributed by atoms with Crippen molar-refractivity contribution in [3.63, 3.8) is 0 Å². The Morgan fingerprint density at radius 3 is 2.68 bits per heavy atom. The zero-order valence-corrected chi connectivity index (χ0v) is 12.5. The van der Waals surface area contributed by atoms with Crippen LogP contribution in [0, 0.1) is 3.57 Å². The molecule has 0 saturated carbocycles. The van der Waals surface area contributed by atoms with Gasteiger partial charge in [-0.05, 0) is 52.4 Å². The quantitative estimate of drug-likeness (QED) is 0.494. The van der Waals surface area contributed by atoms with Gasteiger partial charge >= 0.3 is 0 Å². The highest BCUT2D eigenvalue weighted by atomic mass is 127. The number of ether oxygens (including phenoxy) is 1. The lowest BCUT2D eigenvalue weighted by atomic mass is 10.2. The molecule has 0 fully saturated rings. The second kappa shape index (κ2) is 6.42. The fourth-order valence-corrected chi connectivity index (χ4v) is 2.14. The lowest BCUT2D eigenvalue weighted by Gasteiger charge is -2.06. The first kappa shape index (κ1) is 13.7. The van der Waals surface area contributed by atoms with Crippen LogP contribution in [-0.4, -0.2) is 18.4 Å². The number of anilines is 1. The molecule has 0 heterocycles. The van der Waals surface area contributed by atoms with E-state index in [2.05, 4.69) is 33.1 Å². The average Bonchev–Trinajstić information content (AvgIpc) is 2.43. The third-order valence-corrected chi connectivity index (χ3v) is 3.27. The molecule has 2 rings (SSSR count). The molecule has 0 bridgehead atoms. The fraction of sp³-hybridized carbons (Fsp3) is 0.0714. The van der Waals surface area contributed by atoms with Gasteiger partial charge in [0, 0.05) is 0 Å². The summed E-state index contributed by atoms with van der Waals surface area (Å²) in [5, 5.41) is 13.9. The summed E-state index contributed by atoms with van der Waals surface area (Å²) >= 11 is 2.05. The number of hydrogen-bond donors (Lipinski definition) is 2. The highest BCUT2D eigenvalue weighted by molar-refractivity contribution is 14.1. The number of hydrazone groups is 1. The monoisotopic (exact) mass is 368 g/mol. The van der Waals surface area contributed by atoms with Crippen LogP contribution in [0.1, 0.15) is 5.56 Å². The van der Waals surface area contributed by atoms with Gasteiger partial charge in [0.1, 0.15) is 0 Å². The predicted octanol–water partition coefficient (Wildman–Crippen LogP) is 3.45. The third-order valence-electron chi connectivity index (χ3n) is 2.45. The Hall–Kier alpha value is -1.76. The Morgan fingerprint density at radius 1 is 1.26 bits per heavy atom. The lowest BCUT2D eigenvalue weighted by Crippen LogP contribution is -1.93. The van der Waals surface area contributed by atoms with Crippen molar-refractivity contribution >= 4 is 34.5 Å². The van der Waals surface area contributed by atoms with E-state index >= 15 is 0 Å². The summed E-state index contributed by atoms with van der Waals surface area (Å²) in [6.45, 7) is 0. The van der Waals surface area contributed by atoms with Crippen LogP contribution in [0.5, 0.6) is 11.5 Å². The third kappa shape index (κ3) is 3.60. The van der Waals surface area contributed by atoms with Crippen LogP contribution in [0.3, 0.4) is 0 Å². The molecule has 4 nitrogen and oxygen atoms in total. The number of aromatic hydroxyl groups is 1. The first-order chi connectivity index (χ1) is 9.20. The van der Waals surface area contributed by atoms with Crippen LogP contribution in [0.2, 0.25) is 0 Å². The van der Waals surface area contributed by atoms with Crippen molar-refractivity contribution < 1.29 is 9.84 Å². The minimum absolute atomic E-state index is 0.149. The molecule has 19 heavy (non-hydrogen) atoms. The van der Waals surface area contributed by atoms with Gasteiger partial charge < -0.3 is 9.84 Å². The van der Waals surface area contributed by atoms with Gasteiger partial charge in [0.25, 0.3) is 0 Å². The average molecular weight is 368 g/mol. The first-order valence-corrected chi connectivity index (χ1v) is 6.69. The van der Waals surface area contributed by atoms with Gasteiger partial charge in [0.05, 0.1) is 22.6 Å². The summed E-state index contributed by atoms with van der Waals surface area (Å²) < 4.78 is 5.81. The van der Waals surface area contributed by atoms with Crippen LogP contribution in [0.4, 0.5) is 5.69 Å². The van der Waals surface area contributed by atoms with Gasteiger partial charge in [-0.3, -0.25) is 5.43 Å². The fourth-order valence-electron chi connectivity index (χ4n) is 1.52. The zero-order valence-electron chi connectivity index (χ0n) is 10.3. The highest BCUT2D eigenvalue weighted by Crippen LogP contribution is 2.31. The Balaban J connectivity index is 2.13. The number of halogens is 1. The van der Waals surface area contributed by atoms with Crippen LogP contribution < -0.4 is 10.2 Å². The van der Waals surface area contributed by atoms with Crippen LogP contribution >= 0.6 is 22.6 Å². The number of methoxy groups -OCH3 is 1. The topological polar surface area (TPSA) is 53.8 Å². The molecule has 0 amide bonds. The van der Waals surface area contributed by atoms with Crippen LogP contribution in [-0.2, 0) is 0 Å². The number of rotatable bonds is 4. The van der Waals surface area contributed by atoms with Gasteiger partial charge in [-0.1, -0.05) is 18.2 Å². The van der Waals surface area contributed by atoms with E-state index < -0.39 is 0 Å². The van der Waals surface area contributed by atoms with Crippen molar-refractivity contribution in [2.24, 2.45) is 5.10 Å². The maximum Gasteiger partial charge on any atom is 0.171 e. The van der Waals surface area contributed by atoms with Gasteiger partial charge in [0.2, 0.25) is 0 Å². The van der Waals surface area contributed by atoms with E-state index in [0.717, 1.165) is 14.8 Å². The molecular formula is C14H13IN2O2. The molecule has 2 aromatic rings. The molecule has 0 spiro atoms. The Labute approximate surface area is 125 Å². The van der Waals surface area contributed by atoms with Crippen molar-refractivity contribution in [1.29, 1.82) is 0 Å². The van der Waals surface area contributed by atoms with E-state index in [1.54, 1.807) is 12.3 Å². The molecule has 0 aliphatic carbocycles. The Bertz CT molecular complexity index is 585. The summed E-state index contributed by atoms with van der Waals surface area (Å²) in [5.41, 5.74) is 4.69. The molecule has 0 unspecified atom stereocenters. The van der Waals surface area contributed by atoms with Gasteiger partial charge in [-0.2, -0.15) is 5.10 Å². The van der Waals surface area contributed by atoms with E-state index in [1.165, 1.54) is 7.11 Å². The smallest absolute Gasteiger partial charge is 0.171 e. The minimum Gasteiger partial charge on any atom is -0.504 e. The van der Waals surface area contributed by atoms with E-state index in [-0.39, 0.29) is 5.75 Å². The van der Waals surface area contributed by atoms with E-state index in [1.807, 2.05) is 36.4 Å². The van der Waals surface area contributed by atoms with Crippen molar-refractivity contribution in [3.8, 4) is 11.5 Å². The Morgan fingerprint density at radius 2 is 2.00 bits per heavy atom. The second-order valence-corrected chi connectivity index (χ2v) is 4.95. The molecule has 0 atom stereocenters. The summed E-state index contributed by atoms with van der Waals surface area (Å²) in [5.74, 6) is 0.587. The van der Waals surface area contributed by atoms with Gasteiger partial charge in [-0.15, -0.1) is 0 Å². The molecule has 98 valence electrons. The summed E-state index contributed by atoms with van der Waals surface area (Å²) in [4.78, 5) is 0. The number of nitrogens with zero attached hydrogens (tertiary/aromatic N) is 1. The van der Waals surface area contributed by atoms with Crippen molar-refractivity contribution in [3.05, 3.63) is 51.6 Å². The van der Waals surface area contributed by atoms with Crippen molar-refractivity contribution in [2.45, 2.75) is 0 Å². The lowest BCUT2D eigenvalue weighted by molar-refractivity contribution is 0.371. The van der Waals surface area contributed by atoms with Crippen molar-refractivity contribution in [2.75, 3.05) is 12.5 Å². The largest absolute Gasteiger partial charge is 0.504 e. The molecule has 0 aliphatic heterocycles. The minimum atomic E-state index is 0.149. The molecule has 0 saturated heterocycles. The first-order valence-electron chi connectivity index (χ1n) is 5.61. The van der Waals surface area contributed by atoms with E-state index in [4.69, 9.17) is 4.74 Å². The highest BCUT2D eigenvalue weighted by Gasteiger charge is 2.07. The second-order valence-electron chi connectivity index (χ2n) is 3.79. The van der Waals surface area contributed by atoms with E-state index in [9.17, 15) is 5.11 Å². The van der Waals surface area contributed by atoms with Crippen molar-refractivity contribution in [1.82, 2.24) is 0 Å². The zero-order chi connectivity index (χ0) is 13.7. The standard InChI is InChI=1S/C14H13IN2O2/c1-19-13-8-10(7-12(15)14(13)18)9-16-17-11-5-3-2-4-6-11/h2-9,17-18H,1H3. The van der Waals surface area contributed by atoms with Crippen LogP contribution in [0.25, 0.3) is 0 Å². The molecule has 0 radical (unpaired) electrons. The Kier molecular flexibility index (Phi) is 4.62. The van der Waals surface area contributed by atoms with Crippen LogP contribution in [0.15, 0.2) is 47.6 Å².